The van der Waals surface area contributed by atoms with Gasteiger partial charge in [-0.15, -0.1) is 0 Å². The molecule has 68 valence electrons. The smallest absolute Gasteiger partial charge is 0.0125 e. The lowest BCUT2D eigenvalue weighted by atomic mass is 9.99. The molecule has 0 saturated carbocycles. The Labute approximate surface area is 71.6 Å². The first-order valence-electron chi connectivity index (χ1n) is 4.87. The molecule has 0 aliphatic rings. The van der Waals surface area contributed by atoms with Gasteiger partial charge in [0.15, 0.2) is 0 Å². The van der Waals surface area contributed by atoms with Crippen molar-refractivity contribution < 1.29 is 0 Å². The van der Waals surface area contributed by atoms with Crippen molar-refractivity contribution in [1.82, 2.24) is 5.32 Å². The minimum absolute atomic E-state index is 0.351. The molecule has 0 spiro atoms. The van der Waals surface area contributed by atoms with E-state index >= 15 is 0 Å². The largest absolute Gasteiger partial charge is 0.312 e. The minimum Gasteiger partial charge on any atom is -0.312 e. The Morgan fingerprint density at radius 2 is 1.73 bits per heavy atom. The Morgan fingerprint density at radius 1 is 1.09 bits per heavy atom. The maximum atomic E-state index is 3.56. The van der Waals surface area contributed by atoms with Crippen LogP contribution in [0.15, 0.2) is 0 Å². The summed E-state index contributed by atoms with van der Waals surface area (Å²) in [6.07, 6.45) is 5.13. The highest BCUT2D eigenvalue weighted by Gasteiger charge is 2.13. The molecule has 0 aliphatic carbocycles. The normalized spacial score (nSPS) is 12.0. The molecule has 0 aliphatic heterocycles. The highest BCUT2D eigenvalue weighted by atomic mass is 14.9. The third kappa shape index (κ3) is 6.36. The van der Waals surface area contributed by atoms with Crippen LogP contribution in [0, 0.1) is 0 Å². The fraction of sp³-hybridized carbons (Fsp3) is 1.00. The molecule has 1 nitrogen and oxygen atoms in total. The average molecular weight is 157 g/mol. The van der Waals surface area contributed by atoms with Crippen LogP contribution in [-0.2, 0) is 0 Å². The van der Waals surface area contributed by atoms with E-state index in [0.29, 0.717) is 5.54 Å². The van der Waals surface area contributed by atoms with Gasteiger partial charge in [-0.1, -0.05) is 26.7 Å². The molecule has 1 N–H and O–H groups in total. The van der Waals surface area contributed by atoms with Gasteiger partial charge in [0.25, 0.3) is 0 Å². The van der Waals surface area contributed by atoms with Gasteiger partial charge in [-0.05, 0) is 33.2 Å². The van der Waals surface area contributed by atoms with Crippen LogP contribution in [0.1, 0.15) is 53.4 Å². The molecule has 0 saturated heterocycles. The van der Waals surface area contributed by atoms with Gasteiger partial charge in [0.1, 0.15) is 0 Å². The predicted molar refractivity (Wildman–Crippen MR) is 51.9 cm³/mol. The standard InChI is InChI=1S/C10H23N/c1-5-7-9-11-10(3,4)8-6-2/h11H,5-9H2,1-4H3. The summed E-state index contributed by atoms with van der Waals surface area (Å²) >= 11 is 0. The van der Waals surface area contributed by atoms with E-state index < -0.39 is 0 Å². The quantitative estimate of drug-likeness (QED) is 0.584. The second kappa shape index (κ2) is 5.59. The second-order valence-corrected chi connectivity index (χ2v) is 3.91. The van der Waals surface area contributed by atoms with Gasteiger partial charge in [-0.25, -0.2) is 0 Å². The lowest BCUT2D eigenvalue weighted by Gasteiger charge is -2.25. The van der Waals surface area contributed by atoms with Crippen molar-refractivity contribution in [3.05, 3.63) is 0 Å². The zero-order valence-electron chi connectivity index (χ0n) is 8.54. The second-order valence-electron chi connectivity index (χ2n) is 3.91. The number of hydrogen-bond acceptors (Lipinski definition) is 1. The first-order valence-corrected chi connectivity index (χ1v) is 4.87. The third-order valence-electron chi connectivity index (χ3n) is 2.01. The van der Waals surface area contributed by atoms with E-state index in [4.69, 9.17) is 0 Å². The Kier molecular flexibility index (Phi) is 5.57. The number of nitrogens with one attached hydrogen (secondary N) is 1. The van der Waals surface area contributed by atoms with Crippen LogP contribution in [0.5, 0.6) is 0 Å². The molecule has 0 bridgehead atoms. The van der Waals surface area contributed by atoms with Crippen molar-refractivity contribution in [2.24, 2.45) is 0 Å². The zero-order chi connectivity index (χ0) is 8.74. The Bertz CT molecular complexity index is 86.9. The van der Waals surface area contributed by atoms with Crippen molar-refractivity contribution in [3.63, 3.8) is 0 Å². The topological polar surface area (TPSA) is 12.0 Å². The van der Waals surface area contributed by atoms with Crippen LogP contribution in [0.3, 0.4) is 0 Å². The molecule has 0 fully saturated rings. The monoisotopic (exact) mass is 157 g/mol. The molecule has 0 atom stereocenters. The molecule has 0 rings (SSSR count). The molecule has 0 heterocycles. The predicted octanol–water partition coefficient (Wildman–Crippen LogP) is 2.95. The Hall–Kier alpha value is -0.0400. The van der Waals surface area contributed by atoms with Gasteiger partial charge >= 0.3 is 0 Å². The van der Waals surface area contributed by atoms with Crippen LogP contribution < -0.4 is 5.32 Å². The third-order valence-corrected chi connectivity index (χ3v) is 2.01. The molecule has 0 aromatic heterocycles. The van der Waals surface area contributed by atoms with E-state index in [2.05, 4.69) is 33.0 Å². The van der Waals surface area contributed by atoms with Gasteiger partial charge in [0, 0.05) is 5.54 Å². The fourth-order valence-electron chi connectivity index (χ4n) is 1.32. The summed E-state index contributed by atoms with van der Waals surface area (Å²) in [5.74, 6) is 0. The van der Waals surface area contributed by atoms with Crippen molar-refractivity contribution in [2.45, 2.75) is 58.9 Å². The van der Waals surface area contributed by atoms with Gasteiger partial charge < -0.3 is 5.32 Å². The fourth-order valence-corrected chi connectivity index (χ4v) is 1.32. The number of hydrogen-bond donors (Lipinski definition) is 1. The molecule has 1 heteroatoms. The van der Waals surface area contributed by atoms with Crippen molar-refractivity contribution in [2.75, 3.05) is 6.54 Å². The summed E-state index contributed by atoms with van der Waals surface area (Å²) in [6, 6.07) is 0. The summed E-state index contributed by atoms with van der Waals surface area (Å²) in [5.41, 5.74) is 0.351. The van der Waals surface area contributed by atoms with E-state index in [0.717, 1.165) is 0 Å². The van der Waals surface area contributed by atoms with Gasteiger partial charge in [0.2, 0.25) is 0 Å². The van der Waals surface area contributed by atoms with Crippen LogP contribution in [0.2, 0.25) is 0 Å². The summed E-state index contributed by atoms with van der Waals surface area (Å²) in [4.78, 5) is 0. The van der Waals surface area contributed by atoms with Crippen LogP contribution >= 0.6 is 0 Å². The average Bonchev–Trinajstić information content (AvgIpc) is 1.87. The molecule has 0 aromatic rings. The van der Waals surface area contributed by atoms with Crippen LogP contribution in [0.25, 0.3) is 0 Å². The molecule has 11 heavy (non-hydrogen) atoms. The molecule has 0 amide bonds. The molecular formula is C10H23N. The Balaban J connectivity index is 3.38. The van der Waals surface area contributed by atoms with E-state index in [-0.39, 0.29) is 0 Å². The zero-order valence-corrected chi connectivity index (χ0v) is 8.54. The summed E-state index contributed by atoms with van der Waals surface area (Å²) in [7, 11) is 0. The summed E-state index contributed by atoms with van der Waals surface area (Å²) in [6.45, 7) is 10.2. The minimum atomic E-state index is 0.351. The van der Waals surface area contributed by atoms with Crippen LogP contribution in [-0.4, -0.2) is 12.1 Å². The van der Waals surface area contributed by atoms with Gasteiger partial charge in [-0.3, -0.25) is 0 Å². The van der Waals surface area contributed by atoms with Crippen molar-refractivity contribution in [3.8, 4) is 0 Å². The first kappa shape index (κ1) is 11.0. The van der Waals surface area contributed by atoms with E-state index in [1.54, 1.807) is 0 Å². The van der Waals surface area contributed by atoms with Crippen molar-refractivity contribution >= 4 is 0 Å². The van der Waals surface area contributed by atoms with Crippen molar-refractivity contribution in [1.29, 1.82) is 0 Å². The first-order chi connectivity index (χ1) is 5.12. The highest BCUT2D eigenvalue weighted by Crippen LogP contribution is 2.10. The maximum Gasteiger partial charge on any atom is 0.0125 e. The number of unbranched alkanes of at least 4 members (excludes halogenated alkanes) is 1. The molecular weight excluding hydrogens is 134 g/mol. The van der Waals surface area contributed by atoms with Crippen LogP contribution in [0.4, 0.5) is 0 Å². The molecule has 0 unspecified atom stereocenters. The SMILES string of the molecule is CCCCNC(C)(C)CCC. The van der Waals surface area contributed by atoms with E-state index in [1.807, 2.05) is 0 Å². The van der Waals surface area contributed by atoms with E-state index in [1.165, 1.54) is 32.2 Å². The lowest BCUT2D eigenvalue weighted by Crippen LogP contribution is -2.39. The Morgan fingerprint density at radius 3 is 2.18 bits per heavy atom. The molecule has 0 aromatic carbocycles. The number of rotatable bonds is 6. The summed E-state index contributed by atoms with van der Waals surface area (Å²) < 4.78 is 0. The molecule has 0 radical (unpaired) electrons. The van der Waals surface area contributed by atoms with Gasteiger partial charge in [0.05, 0.1) is 0 Å². The van der Waals surface area contributed by atoms with Gasteiger partial charge in [-0.2, -0.15) is 0 Å². The van der Waals surface area contributed by atoms with E-state index in [9.17, 15) is 0 Å². The summed E-state index contributed by atoms with van der Waals surface area (Å²) in [5, 5.41) is 3.56. The highest BCUT2D eigenvalue weighted by molar-refractivity contribution is 4.75. The maximum absolute atomic E-state index is 3.56. The lowest BCUT2D eigenvalue weighted by molar-refractivity contribution is 0.356.